The van der Waals surface area contributed by atoms with Gasteiger partial charge < -0.3 is 14.0 Å². The zero-order valence-corrected chi connectivity index (χ0v) is 16.8. The van der Waals surface area contributed by atoms with Crippen LogP contribution in [0.5, 0.6) is 0 Å². The highest BCUT2D eigenvalue weighted by molar-refractivity contribution is 6.09. The lowest BCUT2D eigenvalue weighted by atomic mass is 9.95. The van der Waals surface area contributed by atoms with E-state index in [9.17, 15) is 9.59 Å². The van der Waals surface area contributed by atoms with E-state index in [0.29, 0.717) is 22.7 Å². The number of carbonyl (C=O) groups excluding carboxylic acids is 2. The van der Waals surface area contributed by atoms with Crippen molar-refractivity contribution in [2.45, 2.75) is 27.7 Å². The summed E-state index contributed by atoms with van der Waals surface area (Å²) >= 11 is 0. The van der Waals surface area contributed by atoms with E-state index in [1.165, 1.54) is 6.20 Å². The lowest BCUT2D eigenvalue weighted by Gasteiger charge is -2.15. The Bertz CT molecular complexity index is 1040. The molecule has 0 saturated heterocycles. The van der Waals surface area contributed by atoms with E-state index >= 15 is 0 Å². The summed E-state index contributed by atoms with van der Waals surface area (Å²) in [5.41, 5.74) is 3.37. The largest absolute Gasteiger partial charge is 0.462 e. The molecule has 2 aromatic heterocycles. The van der Waals surface area contributed by atoms with Gasteiger partial charge in [0.15, 0.2) is 5.76 Å². The highest BCUT2D eigenvalue weighted by Crippen LogP contribution is 2.36. The molecule has 0 amide bonds. The van der Waals surface area contributed by atoms with Crippen LogP contribution in [0.25, 0.3) is 22.6 Å². The van der Waals surface area contributed by atoms with Crippen LogP contribution in [-0.4, -0.2) is 35.3 Å². The number of rotatable bonds is 6. The predicted molar refractivity (Wildman–Crippen MR) is 107 cm³/mol. The third-order valence-electron chi connectivity index (χ3n) is 4.25. The van der Waals surface area contributed by atoms with Crippen molar-refractivity contribution in [1.82, 2.24) is 10.1 Å². The van der Waals surface area contributed by atoms with Crippen molar-refractivity contribution < 1.29 is 23.6 Å². The van der Waals surface area contributed by atoms with E-state index < -0.39 is 11.9 Å². The Labute approximate surface area is 168 Å². The topological polar surface area (TPSA) is 91.5 Å². The second-order valence-electron chi connectivity index (χ2n) is 6.41. The van der Waals surface area contributed by atoms with Crippen molar-refractivity contribution in [3.63, 3.8) is 0 Å². The molecule has 0 bridgehead atoms. The Morgan fingerprint density at radius 3 is 2.24 bits per heavy atom. The van der Waals surface area contributed by atoms with Gasteiger partial charge in [0.25, 0.3) is 0 Å². The molecule has 0 aliphatic carbocycles. The zero-order chi connectivity index (χ0) is 21.0. The van der Waals surface area contributed by atoms with E-state index in [2.05, 4.69) is 10.1 Å². The molecule has 0 unspecified atom stereocenters. The summed E-state index contributed by atoms with van der Waals surface area (Å²) < 4.78 is 15.8. The van der Waals surface area contributed by atoms with Crippen LogP contribution in [-0.2, 0) is 9.47 Å². The maximum Gasteiger partial charge on any atom is 0.340 e. The Morgan fingerprint density at radius 2 is 1.66 bits per heavy atom. The van der Waals surface area contributed by atoms with E-state index in [1.807, 2.05) is 31.2 Å². The van der Waals surface area contributed by atoms with Gasteiger partial charge in [-0.3, -0.25) is 4.98 Å². The Hall–Kier alpha value is -3.48. The second-order valence-corrected chi connectivity index (χ2v) is 6.41. The van der Waals surface area contributed by atoms with E-state index in [4.69, 9.17) is 14.0 Å². The first kappa shape index (κ1) is 20.3. The molecule has 0 aliphatic rings. The quantitative estimate of drug-likeness (QED) is 0.573. The Kier molecular flexibility index (Phi) is 6.07. The van der Waals surface area contributed by atoms with Crippen molar-refractivity contribution in [3.05, 3.63) is 58.9 Å². The molecular weight excluding hydrogens is 372 g/mol. The number of esters is 2. The van der Waals surface area contributed by atoms with E-state index in [1.54, 1.807) is 26.8 Å². The number of hydrogen-bond donors (Lipinski definition) is 0. The third-order valence-corrected chi connectivity index (χ3v) is 4.25. The zero-order valence-electron chi connectivity index (χ0n) is 16.8. The summed E-state index contributed by atoms with van der Waals surface area (Å²) in [7, 11) is 0. The summed E-state index contributed by atoms with van der Waals surface area (Å²) in [6, 6.07) is 9.35. The standard InChI is InChI=1S/C22H22N2O5/c1-5-27-21(25)16-12-23-20(15-9-7-13(3)8-10-15)19(17-11-14(4)24-29-17)18(16)22(26)28-6-2/h7-12H,5-6H2,1-4H3. The van der Waals surface area contributed by atoms with Gasteiger partial charge in [-0.2, -0.15) is 0 Å². The minimum atomic E-state index is -0.657. The number of ether oxygens (including phenoxy) is 2. The molecule has 0 saturated carbocycles. The van der Waals surface area contributed by atoms with Gasteiger partial charge in [-0.1, -0.05) is 35.0 Å². The number of aryl methyl sites for hydroxylation is 2. The van der Waals surface area contributed by atoms with Crippen LogP contribution in [0.4, 0.5) is 0 Å². The first-order valence-electron chi connectivity index (χ1n) is 9.34. The van der Waals surface area contributed by atoms with Crippen LogP contribution in [0.15, 0.2) is 41.1 Å². The van der Waals surface area contributed by atoms with Crippen LogP contribution >= 0.6 is 0 Å². The molecule has 2 heterocycles. The van der Waals surface area contributed by atoms with E-state index in [0.717, 1.165) is 11.1 Å². The molecule has 150 valence electrons. The van der Waals surface area contributed by atoms with Gasteiger partial charge in [-0.25, -0.2) is 9.59 Å². The molecule has 1 aromatic carbocycles. The van der Waals surface area contributed by atoms with Crippen molar-refractivity contribution in [2.75, 3.05) is 13.2 Å². The molecule has 3 aromatic rings. The average Bonchev–Trinajstić information content (AvgIpc) is 3.14. The second kappa shape index (κ2) is 8.68. The van der Waals surface area contributed by atoms with Crippen LogP contribution in [0, 0.1) is 13.8 Å². The molecule has 0 radical (unpaired) electrons. The molecule has 29 heavy (non-hydrogen) atoms. The summed E-state index contributed by atoms with van der Waals surface area (Å²) in [5.74, 6) is -0.994. The smallest absolute Gasteiger partial charge is 0.340 e. The minimum Gasteiger partial charge on any atom is -0.462 e. The molecule has 0 aliphatic heterocycles. The van der Waals surface area contributed by atoms with Crippen molar-refractivity contribution in [2.24, 2.45) is 0 Å². The number of pyridine rings is 1. The average molecular weight is 394 g/mol. The fourth-order valence-electron chi connectivity index (χ4n) is 2.94. The maximum absolute atomic E-state index is 12.9. The summed E-state index contributed by atoms with van der Waals surface area (Å²) in [4.78, 5) is 29.9. The molecular formula is C22H22N2O5. The molecule has 0 spiro atoms. The Balaban J connectivity index is 2.35. The van der Waals surface area contributed by atoms with Gasteiger partial charge in [0.1, 0.15) is 0 Å². The van der Waals surface area contributed by atoms with Crippen LogP contribution in [0.2, 0.25) is 0 Å². The first-order valence-corrected chi connectivity index (χ1v) is 9.34. The van der Waals surface area contributed by atoms with Gasteiger partial charge >= 0.3 is 11.9 Å². The first-order chi connectivity index (χ1) is 14.0. The summed E-state index contributed by atoms with van der Waals surface area (Å²) in [6.07, 6.45) is 1.34. The molecule has 0 fully saturated rings. The lowest BCUT2D eigenvalue weighted by molar-refractivity contribution is 0.0479. The maximum atomic E-state index is 12.9. The van der Waals surface area contributed by atoms with Gasteiger partial charge in [-0.05, 0) is 27.7 Å². The van der Waals surface area contributed by atoms with Crippen LogP contribution in [0.3, 0.4) is 0 Å². The van der Waals surface area contributed by atoms with E-state index in [-0.39, 0.29) is 24.3 Å². The van der Waals surface area contributed by atoms with Crippen molar-refractivity contribution >= 4 is 11.9 Å². The fourth-order valence-corrected chi connectivity index (χ4v) is 2.94. The summed E-state index contributed by atoms with van der Waals surface area (Å²) in [6.45, 7) is 7.45. The Morgan fingerprint density at radius 1 is 1.00 bits per heavy atom. The highest BCUT2D eigenvalue weighted by Gasteiger charge is 2.29. The monoisotopic (exact) mass is 394 g/mol. The third kappa shape index (κ3) is 4.18. The number of aromatic nitrogens is 2. The SMILES string of the molecule is CCOC(=O)c1cnc(-c2ccc(C)cc2)c(-c2cc(C)no2)c1C(=O)OCC. The number of hydrogen-bond acceptors (Lipinski definition) is 7. The van der Waals surface area contributed by atoms with Gasteiger partial charge in [-0.15, -0.1) is 0 Å². The van der Waals surface area contributed by atoms with Gasteiger partial charge in [0.05, 0.1) is 41.3 Å². The normalized spacial score (nSPS) is 10.6. The molecule has 0 N–H and O–H groups in total. The lowest BCUT2D eigenvalue weighted by Crippen LogP contribution is -2.17. The summed E-state index contributed by atoms with van der Waals surface area (Å²) in [5, 5.41) is 3.93. The number of carbonyl (C=O) groups is 2. The molecule has 0 atom stereocenters. The molecule has 3 rings (SSSR count). The van der Waals surface area contributed by atoms with Gasteiger partial charge in [0.2, 0.25) is 0 Å². The predicted octanol–water partition coefficient (Wildman–Crippen LogP) is 4.37. The highest BCUT2D eigenvalue weighted by atomic mass is 16.5. The van der Waals surface area contributed by atoms with Crippen LogP contribution in [0.1, 0.15) is 45.8 Å². The number of nitrogens with zero attached hydrogens (tertiary/aromatic N) is 2. The van der Waals surface area contributed by atoms with Crippen LogP contribution < -0.4 is 0 Å². The van der Waals surface area contributed by atoms with Crippen molar-refractivity contribution in [1.29, 1.82) is 0 Å². The molecule has 7 nitrogen and oxygen atoms in total. The minimum absolute atomic E-state index is 0.0187. The van der Waals surface area contributed by atoms with Gasteiger partial charge in [0, 0.05) is 17.8 Å². The molecule has 7 heteroatoms. The van der Waals surface area contributed by atoms with Crippen molar-refractivity contribution in [3.8, 4) is 22.6 Å². The fraction of sp³-hybridized carbons (Fsp3) is 0.273. The number of benzene rings is 1.